The number of hydrogen-bond donors (Lipinski definition) is 1. The lowest BCUT2D eigenvalue weighted by molar-refractivity contribution is 0.200. The molecule has 0 bridgehead atoms. The van der Waals surface area contributed by atoms with Gasteiger partial charge in [-0.25, -0.2) is 0 Å². The zero-order valence-corrected chi connectivity index (χ0v) is 16.0. The molecule has 1 fully saturated rings. The maximum absolute atomic E-state index is 6.19. The van der Waals surface area contributed by atoms with E-state index in [1.807, 2.05) is 18.2 Å². The van der Waals surface area contributed by atoms with Gasteiger partial charge in [-0.2, -0.15) is 0 Å². The van der Waals surface area contributed by atoms with Crippen LogP contribution in [0.1, 0.15) is 49.8 Å². The summed E-state index contributed by atoms with van der Waals surface area (Å²) in [7, 11) is 3.39. The molecule has 2 aromatic rings. The van der Waals surface area contributed by atoms with Gasteiger partial charge in [-0.05, 0) is 68.0 Å². The Morgan fingerprint density at radius 2 is 1.81 bits per heavy atom. The quantitative estimate of drug-likeness (QED) is 0.733. The summed E-state index contributed by atoms with van der Waals surface area (Å²) < 4.78 is 17.0. The Balaban J connectivity index is 1.65. The van der Waals surface area contributed by atoms with E-state index in [2.05, 4.69) is 36.5 Å². The lowest BCUT2D eigenvalue weighted by Crippen LogP contribution is -2.18. The second-order valence-corrected chi connectivity index (χ2v) is 6.89. The fourth-order valence-corrected chi connectivity index (χ4v) is 3.41. The van der Waals surface area contributed by atoms with Crippen LogP contribution >= 0.6 is 0 Å². The monoisotopic (exact) mass is 355 g/mol. The number of methoxy groups -OCH3 is 2. The van der Waals surface area contributed by atoms with Crippen LogP contribution in [0.5, 0.6) is 17.2 Å². The maximum atomic E-state index is 6.19. The van der Waals surface area contributed by atoms with Gasteiger partial charge in [0, 0.05) is 12.6 Å². The third-order valence-electron chi connectivity index (χ3n) is 5.03. The summed E-state index contributed by atoms with van der Waals surface area (Å²) in [6.45, 7) is 2.93. The van der Waals surface area contributed by atoms with Gasteiger partial charge in [-0.1, -0.05) is 18.2 Å². The molecule has 2 aromatic carbocycles. The average molecular weight is 355 g/mol. The molecule has 26 heavy (non-hydrogen) atoms. The minimum Gasteiger partial charge on any atom is -0.497 e. The highest BCUT2D eigenvalue weighted by Gasteiger charge is 2.18. The van der Waals surface area contributed by atoms with E-state index in [4.69, 9.17) is 14.2 Å². The van der Waals surface area contributed by atoms with E-state index in [1.54, 1.807) is 14.2 Å². The predicted molar refractivity (Wildman–Crippen MR) is 104 cm³/mol. The lowest BCUT2D eigenvalue weighted by Gasteiger charge is -2.18. The van der Waals surface area contributed by atoms with Gasteiger partial charge in [0.1, 0.15) is 5.75 Å². The van der Waals surface area contributed by atoms with Crippen LogP contribution < -0.4 is 19.5 Å². The fraction of sp³-hybridized carbons (Fsp3) is 0.455. The highest BCUT2D eigenvalue weighted by atomic mass is 16.5. The van der Waals surface area contributed by atoms with Gasteiger partial charge in [0.25, 0.3) is 0 Å². The summed E-state index contributed by atoms with van der Waals surface area (Å²) in [5, 5.41) is 3.57. The second kappa shape index (κ2) is 8.95. The van der Waals surface area contributed by atoms with Crippen LogP contribution in [0.2, 0.25) is 0 Å². The van der Waals surface area contributed by atoms with Gasteiger partial charge >= 0.3 is 0 Å². The summed E-state index contributed by atoms with van der Waals surface area (Å²) in [6, 6.07) is 14.6. The summed E-state index contributed by atoms with van der Waals surface area (Å²) in [5.41, 5.74) is 2.40. The van der Waals surface area contributed by atoms with Crippen molar-refractivity contribution in [3.05, 3.63) is 53.6 Å². The standard InChI is InChI=1S/C22H29NO3/c1-16(18-7-6-10-20(14-18)24-2)23-15-17-11-12-21(25-3)22(13-17)26-19-8-4-5-9-19/h6-7,10-14,16,19,23H,4-5,8-9,15H2,1-3H3. The molecule has 4 heteroatoms. The zero-order chi connectivity index (χ0) is 18.4. The van der Waals surface area contributed by atoms with Gasteiger partial charge in [0.15, 0.2) is 11.5 Å². The number of nitrogens with one attached hydrogen (secondary N) is 1. The van der Waals surface area contributed by atoms with Crippen molar-refractivity contribution >= 4 is 0 Å². The van der Waals surface area contributed by atoms with Crippen molar-refractivity contribution in [3.8, 4) is 17.2 Å². The molecule has 4 nitrogen and oxygen atoms in total. The van der Waals surface area contributed by atoms with E-state index in [-0.39, 0.29) is 6.04 Å². The zero-order valence-electron chi connectivity index (χ0n) is 16.0. The Morgan fingerprint density at radius 1 is 1.00 bits per heavy atom. The van der Waals surface area contributed by atoms with E-state index < -0.39 is 0 Å². The van der Waals surface area contributed by atoms with Gasteiger partial charge in [0.2, 0.25) is 0 Å². The van der Waals surface area contributed by atoms with Crippen molar-refractivity contribution in [3.63, 3.8) is 0 Å². The molecule has 0 heterocycles. The second-order valence-electron chi connectivity index (χ2n) is 6.89. The first-order valence-electron chi connectivity index (χ1n) is 9.40. The molecule has 0 amide bonds. The van der Waals surface area contributed by atoms with Crippen molar-refractivity contribution in [2.45, 2.75) is 51.3 Å². The summed E-state index contributed by atoms with van der Waals surface area (Å²) in [5.74, 6) is 2.54. The molecule has 0 aromatic heterocycles. The molecule has 1 atom stereocenters. The Morgan fingerprint density at radius 3 is 2.54 bits per heavy atom. The number of ether oxygens (including phenoxy) is 3. The highest BCUT2D eigenvalue weighted by molar-refractivity contribution is 5.43. The number of rotatable bonds is 8. The first-order chi connectivity index (χ1) is 12.7. The van der Waals surface area contributed by atoms with Crippen molar-refractivity contribution in [2.75, 3.05) is 14.2 Å². The van der Waals surface area contributed by atoms with Crippen LogP contribution in [0, 0.1) is 0 Å². The third kappa shape index (κ3) is 4.70. The van der Waals surface area contributed by atoms with Crippen molar-refractivity contribution in [1.29, 1.82) is 0 Å². The fourth-order valence-electron chi connectivity index (χ4n) is 3.41. The molecular weight excluding hydrogens is 326 g/mol. The smallest absolute Gasteiger partial charge is 0.161 e. The van der Waals surface area contributed by atoms with E-state index in [1.165, 1.54) is 24.0 Å². The van der Waals surface area contributed by atoms with Crippen molar-refractivity contribution in [1.82, 2.24) is 5.32 Å². The Hall–Kier alpha value is -2.20. The third-order valence-corrected chi connectivity index (χ3v) is 5.03. The first kappa shape index (κ1) is 18.6. The van der Waals surface area contributed by atoms with E-state index in [0.29, 0.717) is 6.10 Å². The summed E-state index contributed by atoms with van der Waals surface area (Å²) >= 11 is 0. The van der Waals surface area contributed by atoms with Crippen molar-refractivity contribution < 1.29 is 14.2 Å². The van der Waals surface area contributed by atoms with Crippen LogP contribution in [-0.4, -0.2) is 20.3 Å². The molecule has 1 unspecified atom stereocenters. The van der Waals surface area contributed by atoms with Crippen LogP contribution in [0.4, 0.5) is 0 Å². The van der Waals surface area contributed by atoms with E-state index in [0.717, 1.165) is 36.6 Å². The van der Waals surface area contributed by atoms with E-state index >= 15 is 0 Å². The molecule has 0 spiro atoms. The molecule has 0 aliphatic heterocycles. The van der Waals surface area contributed by atoms with Gasteiger partial charge < -0.3 is 19.5 Å². The van der Waals surface area contributed by atoms with Crippen LogP contribution in [0.25, 0.3) is 0 Å². The molecule has 1 saturated carbocycles. The minimum absolute atomic E-state index is 0.228. The highest BCUT2D eigenvalue weighted by Crippen LogP contribution is 2.32. The van der Waals surface area contributed by atoms with E-state index in [9.17, 15) is 0 Å². The Kier molecular flexibility index (Phi) is 6.40. The molecule has 0 saturated heterocycles. The first-order valence-corrected chi connectivity index (χ1v) is 9.40. The Bertz CT molecular complexity index is 710. The molecule has 1 aliphatic carbocycles. The maximum Gasteiger partial charge on any atom is 0.161 e. The van der Waals surface area contributed by atoms with Gasteiger partial charge in [-0.15, -0.1) is 0 Å². The van der Waals surface area contributed by atoms with Crippen molar-refractivity contribution in [2.24, 2.45) is 0 Å². The number of hydrogen-bond acceptors (Lipinski definition) is 4. The molecule has 140 valence electrons. The molecule has 0 radical (unpaired) electrons. The predicted octanol–water partition coefficient (Wildman–Crippen LogP) is 4.88. The average Bonchev–Trinajstić information content (AvgIpc) is 3.19. The largest absolute Gasteiger partial charge is 0.497 e. The topological polar surface area (TPSA) is 39.7 Å². The van der Waals surface area contributed by atoms with Crippen LogP contribution in [0.15, 0.2) is 42.5 Å². The van der Waals surface area contributed by atoms with Crippen LogP contribution in [-0.2, 0) is 6.54 Å². The lowest BCUT2D eigenvalue weighted by atomic mass is 10.1. The molecular formula is C22H29NO3. The molecule has 3 rings (SSSR count). The van der Waals surface area contributed by atoms with Gasteiger partial charge in [0.05, 0.1) is 20.3 Å². The van der Waals surface area contributed by atoms with Gasteiger partial charge in [-0.3, -0.25) is 0 Å². The summed E-state index contributed by atoms with van der Waals surface area (Å²) in [4.78, 5) is 0. The minimum atomic E-state index is 0.228. The normalized spacial score (nSPS) is 15.7. The van der Waals surface area contributed by atoms with Crippen LogP contribution in [0.3, 0.4) is 0 Å². The molecule has 1 N–H and O–H groups in total. The SMILES string of the molecule is COc1cccc(C(C)NCc2ccc(OC)c(OC3CCCC3)c2)c1. The summed E-state index contributed by atoms with van der Waals surface area (Å²) in [6.07, 6.45) is 5.11. The Labute approximate surface area is 156 Å². The number of benzene rings is 2. The molecule has 1 aliphatic rings.